The molecule has 0 amide bonds. The second kappa shape index (κ2) is 3.57. The lowest BCUT2D eigenvalue weighted by Crippen LogP contribution is -2.11. The Morgan fingerprint density at radius 2 is 2.23 bits per heavy atom. The summed E-state index contributed by atoms with van der Waals surface area (Å²) in [6.45, 7) is 0. The molecule has 1 aromatic heterocycles. The molecular weight excluding hydrogens is 194 g/mol. The summed E-state index contributed by atoms with van der Waals surface area (Å²) in [5.41, 5.74) is 0.402. The van der Waals surface area contributed by atoms with Crippen molar-refractivity contribution in [1.82, 2.24) is 4.98 Å². The summed E-state index contributed by atoms with van der Waals surface area (Å²) in [5, 5.41) is 10.8. The predicted octanol–water partition coefficient (Wildman–Crippen LogP) is 1.71. The zero-order valence-corrected chi connectivity index (χ0v) is 7.95. The SMILES string of the molecule is CN(C)c1cc(Cl)ncc1[N+](=O)[O-]. The number of pyridine rings is 1. The van der Waals surface area contributed by atoms with Crippen molar-refractivity contribution >= 4 is 23.0 Å². The van der Waals surface area contributed by atoms with Gasteiger partial charge in [-0.05, 0) is 0 Å². The molecule has 5 nitrogen and oxygen atoms in total. The molecule has 1 aromatic rings. The van der Waals surface area contributed by atoms with Crippen LogP contribution in [-0.2, 0) is 0 Å². The van der Waals surface area contributed by atoms with E-state index in [-0.39, 0.29) is 10.8 Å². The molecule has 70 valence electrons. The highest BCUT2D eigenvalue weighted by Gasteiger charge is 2.15. The van der Waals surface area contributed by atoms with Crippen molar-refractivity contribution < 1.29 is 4.92 Å². The number of aromatic nitrogens is 1. The molecule has 1 heterocycles. The van der Waals surface area contributed by atoms with Gasteiger partial charge in [0, 0.05) is 20.2 Å². The summed E-state index contributed by atoms with van der Waals surface area (Å²) in [5.74, 6) is 0. The van der Waals surface area contributed by atoms with E-state index in [9.17, 15) is 10.1 Å². The summed E-state index contributed by atoms with van der Waals surface area (Å²) in [6, 6.07) is 1.46. The van der Waals surface area contributed by atoms with Crippen molar-refractivity contribution in [3.8, 4) is 0 Å². The van der Waals surface area contributed by atoms with Crippen LogP contribution in [0.3, 0.4) is 0 Å². The van der Waals surface area contributed by atoms with Gasteiger partial charge in [0.05, 0.1) is 4.92 Å². The van der Waals surface area contributed by atoms with Gasteiger partial charge < -0.3 is 4.90 Å². The molecule has 0 radical (unpaired) electrons. The fourth-order valence-corrected chi connectivity index (χ4v) is 1.06. The Labute approximate surface area is 80.1 Å². The van der Waals surface area contributed by atoms with Gasteiger partial charge in [0.15, 0.2) is 0 Å². The molecular formula is C7H8ClN3O2. The minimum atomic E-state index is -0.487. The van der Waals surface area contributed by atoms with E-state index < -0.39 is 4.92 Å². The largest absolute Gasteiger partial charge is 0.372 e. The molecule has 0 saturated carbocycles. The van der Waals surface area contributed by atoms with Crippen LogP contribution in [0.25, 0.3) is 0 Å². The average Bonchev–Trinajstić information content (AvgIpc) is 2.03. The third kappa shape index (κ3) is 2.06. The number of anilines is 1. The van der Waals surface area contributed by atoms with Crippen molar-refractivity contribution in [1.29, 1.82) is 0 Å². The molecule has 0 N–H and O–H groups in total. The molecule has 1 rings (SSSR count). The van der Waals surface area contributed by atoms with Gasteiger partial charge in [-0.1, -0.05) is 11.6 Å². The number of halogens is 1. The van der Waals surface area contributed by atoms with Crippen LogP contribution >= 0.6 is 11.6 Å². The lowest BCUT2D eigenvalue weighted by atomic mass is 10.3. The van der Waals surface area contributed by atoms with Gasteiger partial charge in [-0.3, -0.25) is 10.1 Å². The summed E-state index contributed by atoms with van der Waals surface area (Å²) < 4.78 is 0. The summed E-state index contributed by atoms with van der Waals surface area (Å²) in [6.07, 6.45) is 1.15. The first kappa shape index (κ1) is 9.73. The first-order valence-electron chi connectivity index (χ1n) is 3.49. The maximum atomic E-state index is 10.5. The second-order valence-corrected chi connectivity index (χ2v) is 3.03. The zero-order chi connectivity index (χ0) is 10.0. The lowest BCUT2D eigenvalue weighted by Gasteiger charge is -2.11. The highest BCUT2D eigenvalue weighted by Crippen LogP contribution is 2.27. The summed E-state index contributed by atoms with van der Waals surface area (Å²) in [4.78, 5) is 15.3. The molecule has 0 spiro atoms. The van der Waals surface area contributed by atoms with E-state index in [2.05, 4.69) is 4.98 Å². The highest BCUT2D eigenvalue weighted by atomic mass is 35.5. The monoisotopic (exact) mass is 201 g/mol. The smallest absolute Gasteiger partial charge is 0.310 e. The van der Waals surface area contributed by atoms with E-state index in [0.29, 0.717) is 5.69 Å². The molecule has 0 atom stereocenters. The third-order valence-corrected chi connectivity index (χ3v) is 1.71. The Hall–Kier alpha value is -1.36. The van der Waals surface area contributed by atoms with Crippen LogP contribution in [0.2, 0.25) is 5.15 Å². The topological polar surface area (TPSA) is 59.3 Å². The van der Waals surface area contributed by atoms with Crippen molar-refractivity contribution in [2.75, 3.05) is 19.0 Å². The fourth-order valence-electron chi connectivity index (χ4n) is 0.912. The number of hydrogen-bond acceptors (Lipinski definition) is 4. The number of nitro groups is 1. The number of hydrogen-bond donors (Lipinski definition) is 0. The van der Waals surface area contributed by atoms with Crippen LogP contribution < -0.4 is 4.90 Å². The van der Waals surface area contributed by atoms with E-state index in [1.807, 2.05) is 0 Å². The molecule has 0 aliphatic carbocycles. The number of rotatable bonds is 2. The van der Waals surface area contributed by atoms with Crippen molar-refractivity contribution in [3.63, 3.8) is 0 Å². The van der Waals surface area contributed by atoms with Crippen LogP contribution in [0.15, 0.2) is 12.3 Å². The molecule has 0 aliphatic rings. The van der Waals surface area contributed by atoms with E-state index in [0.717, 1.165) is 6.20 Å². The summed E-state index contributed by atoms with van der Waals surface area (Å²) >= 11 is 5.61. The van der Waals surface area contributed by atoms with E-state index in [1.54, 1.807) is 19.0 Å². The van der Waals surface area contributed by atoms with Gasteiger partial charge in [0.25, 0.3) is 0 Å². The Morgan fingerprint density at radius 1 is 1.62 bits per heavy atom. The van der Waals surface area contributed by atoms with Gasteiger partial charge >= 0.3 is 5.69 Å². The standard InChI is InChI=1S/C7H8ClN3O2/c1-10(2)5-3-7(8)9-4-6(5)11(12)13/h3-4H,1-2H3. The molecule has 13 heavy (non-hydrogen) atoms. The molecule has 0 aliphatic heterocycles. The lowest BCUT2D eigenvalue weighted by molar-refractivity contribution is -0.384. The Kier molecular flexibility index (Phi) is 2.67. The zero-order valence-electron chi connectivity index (χ0n) is 7.19. The molecule has 0 saturated heterocycles. The van der Waals surface area contributed by atoms with Gasteiger partial charge in [0.2, 0.25) is 0 Å². The molecule has 0 fully saturated rings. The van der Waals surface area contributed by atoms with Gasteiger partial charge in [-0.25, -0.2) is 4.98 Å². The molecule has 0 bridgehead atoms. The normalized spacial score (nSPS) is 9.77. The first-order valence-corrected chi connectivity index (χ1v) is 3.87. The highest BCUT2D eigenvalue weighted by molar-refractivity contribution is 6.29. The van der Waals surface area contributed by atoms with Crippen LogP contribution in [0, 0.1) is 10.1 Å². The van der Waals surface area contributed by atoms with Crippen LogP contribution in [-0.4, -0.2) is 24.0 Å². The van der Waals surface area contributed by atoms with E-state index >= 15 is 0 Å². The predicted molar refractivity (Wildman–Crippen MR) is 50.2 cm³/mol. The second-order valence-electron chi connectivity index (χ2n) is 2.65. The molecule has 0 unspecified atom stereocenters. The minimum absolute atomic E-state index is 0.0469. The van der Waals surface area contributed by atoms with Crippen LogP contribution in [0.5, 0.6) is 0 Å². The van der Waals surface area contributed by atoms with Gasteiger partial charge in [0.1, 0.15) is 17.0 Å². The van der Waals surface area contributed by atoms with Crippen molar-refractivity contribution in [2.24, 2.45) is 0 Å². The van der Waals surface area contributed by atoms with E-state index in [4.69, 9.17) is 11.6 Å². The average molecular weight is 202 g/mol. The Morgan fingerprint density at radius 3 is 2.69 bits per heavy atom. The summed E-state index contributed by atoms with van der Waals surface area (Å²) in [7, 11) is 3.41. The Balaban J connectivity index is 3.26. The van der Waals surface area contributed by atoms with Crippen molar-refractivity contribution in [3.05, 3.63) is 27.5 Å². The van der Waals surface area contributed by atoms with Gasteiger partial charge in [-0.2, -0.15) is 0 Å². The maximum absolute atomic E-state index is 10.5. The first-order chi connectivity index (χ1) is 6.02. The maximum Gasteiger partial charge on any atom is 0.310 e. The Bertz CT molecular complexity index is 341. The minimum Gasteiger partial charge on any atom is -0.372 e. The quantitative estimate of drug-likeness (QED) is 0.415. The van der Waals surface area contributed by atoms with E-state index in [1.165, 1.54) is 6.07 Å². The van der Waals surface area contributed by atoms with Gasteiger partial charge in [-0.15, -0.1) is 0 Å². The molecule has 6 heteroatoms. The van der Waals surface area contributed by atoms with Crippen LogP contribution in [0.4, 0.5) is 11.4 Å². The van der Waals surface area contributed by atoms with Crippen LogP contribution in [0.1, 0.15) is 0 Å². The fraction of sp³-hybridized carbons (Fsp3) is 0.286. The molecule has 0 aromatic carbocycles. The van der Waals surface area contributed by atoms with Crippen molar-refractivity contribution in [2.45, 2.75) is 0 Å². The number of nitrogens with zero attached hydrogens (tertiary/aromatic N) is 3. The third-order valence-electron chi connectivity index (χ3n) is 1.51.